The summed E-state index contributed by atoms with van der Waals surface area (Å²) >= 11 is 0. The van der Waals surface area contributed by atoms with Gasteiger partial charge in [0.1, 0.15) is 5.82 Å². The van der Waals surface area contributed by atoms with Gasteiger partial charge in [0.2, 0.25) is 5.91 Å². The lowest BCUT2D eigenvalue weighted by atomic mass is 10.1. The van der Waals surface area contributed by atoms with Gasteiger partial charge in [-0.3, -0.25) is 14.5 Å². The summed E-state index contributed by atoms with van der Waals surface area (Å²) in [6.07, 6.45) is 2.68. The largest absolute Gasteiger partial charge is 0.480 e. The third-order valence-electron chi connectivity index (χ3n) is 2.30. The number of nitrogens with zero attached hydrogens (tertiary/aromatic N) is 1. The number of rotatable bonds is 2. The van der Waals surface area contributed by atoms with E-state index in [1.807, 2.05) is 0 Å². The predicted octanol–water partition coefficient (Wildman–Crippen LogP) is 1.39. The molecule has 82 valence electrons. The number of hydrogen-bond donors (Lipinski definition) is 1. The van der Waals surface area contributed by atoms with Crippen LogP contribution in [0.5, 0.6) is 0 Å². The normalized spacial score (nSPS) is 19.2. The van der Waals surface area contributed by atoms with Crippen LogP contribution in [0.1, 0.15) is 0 Å². The molecule has 0 spiro atoms. The maximum Gasteiger partial charge on any atom is 0.320 e. The number of aliphatic carboxylic acids is 1. The standard InChI is InChI=1S/C11H8FNO3/c12-7-1-3-8(4-2-7)13-6-5-9(10(13)14)11(15)16/h1-6,9H,(H,15,16). The molecule has 16 heavy (non-hydrogen) atoms. The molecule has 0 bridgehead atoms. The molecule has 0 saturated carbocycles. The van der Waals surface area contributed by atoms with Gasteiger partial charge in [-0.1, -0.05) is 0 Å². The van der Waals surface area contributed by atoms with Crippen LogP contribution in [0.2, 0.25) is 0 Å². The first-order valence-electron chi connectivity index (χ1n) is 4.59. The second-order valence-corrected chi connectivity index (χ2v) is 3.34. The van der Waals surface area contributed by atoms with Gasteiger partial charge in [-0.25, -0.2) is 4.39 Å². The average Bonchev–Trinajstić information content (AvgIpc) is 2.61. The smallest absolute Gasteiger partial charge is 0.320 e. The number of hydrogen-bond acceptors (Lipinski definition) is 2. The van der Waals surface area contributed by atoms with Gasteiger partial charge in [0.25, 0.3) is 0 Å². The first-order chi connectivity index (χ1) is 7.59. The summed E-state index contributed by atoms with van der Waals surface area (Å²) in [5.41, 5.74) is 0.450. The molecule has 0 aromatic heterocycles. The Bertz CT molecular complexity index is 467. The first kappa shape index (κ1) is 10.4. The Balaban J connectivity index is 2.25. The monoisotopic (exact) mass is 221 g/mol. The number of benzene rings is 1. The Morgan fingerprint density at radius 1 is 1.31 bits per heavy atom. The maximum absolute atomic E-state index is 12.7. The van der Waals surface area contributed by atoms with E-state index in [2.05, 4.69) is 0 Å². The fraction of sp³-hybridized carbons (Fsp3) is 0.0909. The van der Waals surface area contributed by atoms with Crippen molar-refractivity contribution in [3.63, 3.8) is 0 Å². The molecular formula is C11H8FNO3. The average molecular weight is 221 g/mol. The van der Waals surface area contributed by atoms with Crippen molar-refractivity contribution >= 4 is 17.6 Å². The summed E-state index contributed by atoms with van der Waals surface area (Å²) in [5.74, 6) is -3.29. The molecule has 1 amide bonds. The minimum absolute atomic E-state index is 0.408. The molecule has 0 radical (unpaired) electrons. The fourth-order valence-corrected chi connectivity index (χ4v) is 1.48. The second kappa shape index (κ2) is 3.77. The van der Waals surface area contributed by atoms with Crippen LogP contribution >= 0.6 is 0 Å². The highest BCUT2D eigenvalue weighted by atomic mass is 19.1. The van der Waals surface area contributed by atoms with E-state index in [1.54, 1.807) is 0 Å². The van der Waals surface area contributed by atoms with E-state index in [4.69, 9.17) is 5.11 Å². The lowest BCUT2D eigenvalue weighted by molar-refractivity contribution is -0.143. The maximum atomic E-state index is 12.7. The summed E-state index contributed by atoms with van der Waals surface area (Å²) in [6, 6.07) is 5.26. The van der Waals surface area contributed by atoms with E-state index < -0.39 is 23.6 Å². The van der Waals surface area contributed by atoms with E-state index >= 15 is 0 Å². The van der Waals surface area contributed by atoms with Gasteiger partial charge in [0.15, 0.2) is 5.92 Å². The van der Waals surface area contributed by atoms with Gasteiger partial charge in [0, 0.05) is 11.9 Å². The van der Waals surface area contributed by atoms with Crippen molar-refractivity contribution in [1.29, 1.82) is 0 Å². The number of carbonyl (C=O) groups excluding carboxylic acids is 1. The third-order valence-corrected chi connectivity index (χ3v) is 2.30. The zero-order chi connectivity index (χ0) is 11.7. The van der Waals surface area contributed by atoms with Crippen LogP contribution in [0, 0.1) is 11.7 Å². The molecule has 0 fully saturated rings. The molecule has 4 nitrogen and oxygen atoms in total. The molecule has 2 rings (SSSR count). The first-order valence-corrected chi connectivity index (χ1v) is 4.59. The fourth-order valence-electron chi connectivity index (χ4n) is 1.48. The molecule has 1 aliphatic heterocycles. The van der Waals surface area contributed by atoms with Crippen LogP contribution < -0.4 is 4.90 Å². The molecule has 1 aromatic rings. The van der Waals surface area contributed by atoms with Crippen molar-refractivity contribution in [1.82, 2.24) is 0 Å². The van der Waals surface area contributed by atoms with Crippen molar-refractivity contribution < 1.29 is 19.1 Å². The van der Waals surface area contributed by atoms with Crippen molar-refractivity contribution in [3.05, 3.63) is 42.4 Å². The minimum atomic E-state index is -1.19. The predicted molar refractivity (Wildman–Crippen MR) is 54.2 cm³/mol. The highest BCUT2D eigenvalue weighted by molar-refractivity contribution is 6.10. The van der Waals surface area contributed by atoms with Crippen molar-refractivity contribution in [2.75, 3.05) is 4.90 Å². The number of carboxylic acids is 1. The quantitative estimate of drug-likeness (QED) is 0.767. The van der Waals surface area contributed by atoms with Crippen LogP contribution in [0.3, 0.4) is 0 Å². The van der Waals surface area contributed by atoms with Crippen molar-refractivity contribution in [2.45, 2.75) is 0 Å². The van der Waals surface area contributed by atoms with Crippen molar-refractivity contribution in [2.24, 2.45) is 5.92 Å². The van der Waals surface area contributed by atoms with Crippen molar-refractivity contribution in [3.8, 4) is 0 Å². The summed E-state index contributed by atoms with van der Waals surface area (Å²) in [6.45, 7) is 0. The Kier molecular flexibility index (Phi) is 2.44. The van der Waals surface area contributed by atoms with E-state index in [0.29, 0.717) is 5.69 Å². The van der Waals surface area contributed by atoms with Gasteiger partial charge in [-0.05, 0) is 30.3 Å². The molecule has 1 unspecified atom stereocenters. The van der Waals surface area contributed by atoms with E-state index in [9.17, 15) is 14.0 Å². The summed E-state index contributed by atoms with van der Waals surface area (Å²) < 4.78 is 12.7. The van der Waals surface area contributed by atoms with E-state index in [0.717, 1.165) is 0 Å². The summed E-state index contributed by atoms with van der Waals surface area (Å²) in [5, 5.41) is 8.73. The molecule has 0 aliphatic carbocycles. The highest BCUT2D eigenvalue weighted by Crippen LogP contribution is 2.23. The zero-order valence-corrected chi connectivity index (χ0v) is 8.13. The van der Waals surface area contributed by atoms with Crippen LogP contribution in [-0.2, 0) is 9.59 Å². The highest BCUT2D eigenvalue weighted by Gasteiger charge is 2.33. The number of amides is 1. The molecular weight excluding hydrogens is 213 g/mol. The number of halogens is 1. The molecule has 5 heteroatoms. The molecule has 1 heterocycles. The second-order valence-electron chi connectivity index (χ2n) is 3.34. The summed E-state index contributed by atoms with van der Waals surface area (Å²) in [7, 11) is 0. The SMILES string of the molecule is O=C(O)C1C=CN(c2ccc(F)cc2)C1=O. The Morgan fingerprint density at radius 3 is 2.44 bits per heavy atom. The van der Waals surface area contributed by atoms with Gasteiger partial charge >= 0.3 is 5.97 Å². The topological polar surface area (TPSA) is 57.6 Å². The molecule has 0 saturated heterocycles. The minimum Gasteiger partial charge on any atom is -0.480 e. The molecule has 1 aromatic carbocycles. The van der Waals surface area contributed by atoms with Crippen LogP contribution in [0.15, 0.2) is 36.5 Å². The molecule has 1 N–H and O–H groups in total. The van der Waals surface area contributed by atoms with Gasteiger partial charge in [-0.15, -0.1) is 0 Å². The molecule has 1 atom stereocenters. The van der Waals surface area contributed by atoms with Crippen LogP contribution in [-0.4, -0.2) is 17.0 Å². The van der Waals surface area contributed by atoms with E-state index in [-0.39, 0.29) is 0 Å². The lowest BCUT2D eigenvalue weighted by Crippen LogP contribution is -2.29. The number of anilines is 1. The number of carboxylic acid groups (broad SMARTS) is 1. The number of carbonyl (C=O) groups is 2. The summed E-state index contributed by atoms with van der Waals surface area (Å²) in [4.78, 5) is 23.5. The zero-order valence-electron chi connectivity index (χ0n) is 8.13. The third kappa shape index (κ3) is 1.67. The van der Waals surface area contributed by atoms with Gasteiger partial charge in [-0.2, -0.15) is 0 Å². The lowest BCUT2D eigenvalue weighted by Gasteiger charge is -2.14. The van der Waals surface area contributed by atoms with Crippen LogP contribution in [0.25, 0.3) is 0 Å². The van der Waals surface area contributed by atoms with Gasteiger partial charge in [0.05, 0.1) is 0 Å². The Morgan fingerprint density at radius 2 is 1.94 bits per heavy atom. The molecule has 1 aliphatic rings. The Labute approximate surface area is 90.6 Å². The van der Waals surface area contributed by atoms with Gasteiger partial charge < -0.3 is 5.11 Å². The van der Waals surface area contributed by atoms with E-state index in [1.165, 1.54) is 41.4 Å². The van der Waals surface area contributed by atoms with Crippen LogP contribution in [0.4, 0.5) is 10.1 Å². The Hall–Kier alpha value is -2.17.